The maximum absolute atomic E-state index is 12.7. The molecule has 4 nitrogen and oxygen atoms in total. The average Bonchev–Trinajstić information content (AvgIpc) is 2.51. The zero-order valence-electron chi connectivity index (χ0n) is 10.8. The number of ketones is 2. The largest absolute Gasteiger partial charge is 0.326 e. The van der Waals surface area contributed by atoms with E-state index in [-0.39, 0.29) is 18.1 Å². The number of carbonyl (C=O) groups excluding carboxylic acids is 2. The van der Waals surface area contributed by atoms with Crippen LogP contribution in [0, 0.1) is 0 Å². The normalized spacial score (nSPS) is 13.1. The van der Waals surface area contributed by atoms with Gasteiger partial charge in [-0.1, -0.05) is 30.3 Å². The van der Waals surface area contributed by atoms with E-state index in [0.717, 1.165) is 5.56 Å². The van der Waals surface area contributed by atoms with E-state index in [0.29, 0.717) is 34.4 Å². The van der Waals surface area contributed by atoms with Crippen LogP contribution >= 0.6 is 0 Å². The number of carbonyl (C=O) groups is 2. The summed E-state index contributed by atoms with van der Waals surface area (Å²) in [6.45, 7) is 0.486. The summed E-state index contributed by atoms with van der Waals surface area (Å²) in [7, 11) is 0. The van der Waals surface area contributed by atoms with Gasteiger partial charge in [0.25, 0.3) is 0 Å². The van der Waals surface area contributed by atoms with Gasteiger partial charge in [0, 0.05) is 35.3 Å². The van der Waals surface area contributed by atoms with Gasteiger partial charge in [0.15, 0.2) is 11.6 Å². The number of benzene rings is 2. The molecule has 0 radical (unpaired) electrons. The highest BCUT2D eigenvalue weighted by atomic mass is 16.1. The van der Waals surface area contributed by atoms with Gasteiger partial charge in [-0.2, -0.15) is 0 Å². The van der Waals surface area contributed by atoms with Crippen molar-refractivity contribution in [3.63, 3.8) is 0 Å². The van der Waals surface area contributed by atoms with Gasteiger partial charge >= 0.3 is 0 Å². The molecule has 0 amide bonds. The fraction of sp³-hybridized carbons (Fsp3) is 0.125. The van der Waals surface area contributed by atoms with Crippen LogP contribution in [-0.4, -0.2) is 11.6 Å². The Labute approximate surface area is 116 Å². The second kappa shape index (κ2) is 4.67. The zero-order valence-corrected chi connectivity index (χ0v) is 10.8. The topological polar surface area (TPSA) is 86.2 Å². The second-order valence-corrected chi connectivity index (χ2v) is 4.74. The van der Waals surface area contributed by atoms with E-state index in [1.54, 1.807) is 36.4 Å². The fourth-order valence-electron chi connectivity index (χ4n) is 2.72. The fourth-order valence-corrected chi connectivity index (χ4v) is 2.72. The first kappa shape index (κ1) is 12.7. The van der Waals surface area contributed by atoms with Crippen molar-refractivity contribution in [3.05, 3.63) is 69.8 Å². The molecule has 4 N–H and O–H groups in total. The van der Waals surface area contributed by atoms with Gasteiger partial charge in [-0.3, -0.25) is 9.59 Å². The van der Waals surface area contributed by atoms with Gasteiger partial charge in [-0.25, -0.2) is 0 Å². The lowest BCUT2D eigenvalue weighted by Crippen LogP contribution is -2.24. The van der Waals surface area contributed by atoms with E-state index in [1.807, 2.05) is 0 Å². The number of fused-ring (bicyclic) bond motifs is 2. The maximum atomic E-state index is 12.7. The van der Waals surface area contributed by atoms with Gasteiger partial charge in [0.2, 0.25) is 0 Å². The maximum Gasteiger partial charge on any atom is 0.194 e. The van der Waals surface area contributed by atoms with Crippen LogP contribution in [-0.2, 0) is 13.1 Å². The zero-order chi connectivity index (χ0) is 14.3. The van der Waals surface area contributed by atoms with Crippen molar-refractivity contribution in [2.45, 2.75) is 13.1 Å². The van der Waals surface area contributed by atoms with Crippen molar-refractivity contribution in [3.8, 4) is 0 Å². The van der Waals surface area contributed by atoms with Crippen LogP contribution in [0.15, 0.2) is 36.4 Å². The molecule has 0 saturated carbocycles. The Morgan fingerprint density at radius 2 is 1.40 bits per heavy atom. The number of nitrogens with two attached hydrogens (primary N) is 2. The molecule has 0 heterocycles. The lowest BCUT2D eigenvalue weighted by atomic mass is 9.80. The van der Waals surface area contributed by atoms with Crippen LogP contribution in [0.5, 0.6) is 0 Å². The minimum atomic E-state index is -0.147. The molecule has 0 spiro atoms. The van der Waals surface area contributed by atoms with Crippen molar-refractivity contribution in [1.82, 2.24) is 0 Å². The Hall–Kier alpha value is -2.30. The van der Waals surface area contributed by atoms with E-state index in [1.165, 1.54) is 0 Å². The van der Waals surface area contributed by atoms with Crippen LogP contribution in [0.2, 0.25) is 0 Å². The van der Waals surface area contributed by atoms with Crippen molar-refractivity contribution >= 4 is 11.6 Å². The highest BCUT2D eigenvalue weighted by Gasteiger charge is 2.31. The summed E-state index contributed by atoms with van der Waals surface area (Å²) in [5.41, 5.74) is 14.7. The second-order valence-electron chi connectivity index (χ2n) is 4.74. The summed E-state index contributed by atoms with van der Waals surface area (Å²) in [5.74, 6) is -0.278. The molecule has 2 aromatic rings. The molecule has 0 saturated heterocycles. The van der Waals surface area contributed by atoms with Crippen LogP contribution in [0.25, 0.3) is 0 Å². The minimum Gasteiger partial charge on any atom is -0.326 e. The van der Waals surface area contributed by atoms with Crippen molar-refractivity contribution in [2.75, 3.05) is 0 Å². The van der Waals surface area contributed by atoms with Gasteiger partial charge in [0.05, 0.1) is 0 Å². The Bertz CT molecular complexity index is 735. The molecule has 1 aliphatic rings. The molecular formula is C16H14N2O2. The summed E-state index contributed by atoms with van der Waals surface area (Å²) in [4.78, 5) is 25.1. The van der Waals surface area contributed by atoms with E-state index in [4.69, 9.17) is 11.5 Å². The molecule has 0 fully saturated rings. The predicted molar refractivity (Wildman–Crippen MR) is 75.5 cm³/mol. The Balaban J connectivity index is 2.33. The molecule has 4 heteroatoms. The molecule has 0 aliphatic heterocycles. The van der Waals surface area contributed by atoms with Gasteiger partial charge < -0.3 is 11.5 Å². The van der Waals surface area contributed by atoms with Crippen molar-refractivity contribution < 1.29 is 9.59 Å². The smallest absolute Gasteiger partial charge is 0.194 e. The molecular weight excluding hydrogens is 252 g/mol. The van der Waals surface area contributed by atoms with Gasteiger partial charge in [0.1, 0.15) is 0 Å². The van der Waals surface area contributed by atoms with Crippen molar-refractivity contribution in [1.29, 1.82) is 0 Å². The monoisotopic (exact) mass is 266 g/mol. The number of hydrogen-bond donors (Lipinski definition) is 2. The molecule has 3 rings (SSSR count). The third-order valence-corrected chi connectivity index (χ3v) is 3.72. The summed E-state index contributed by atoms with van der Waals surface area (Å²) in [6.07, 6.45) is 0. The molecule has 2 aromatic carbocycles. The first-order chi connectivity index (χ1) is 9.69. The van der Waals surface area contributed by atoms with Gasteiger partial charge in [-0.15, -0.1) is 0 Å². The molecule has 1 aliphatic carbocycles. The van der Waals surface area contributed by atoms with Crippen LogP contribution < -0.4 is 11.5 Å². The molecule has 0 unspecified atom stereocenters. The van der Waals surface area contributed by atoms with E-state index < -0.39 is 0 Å². The van der Waals surface area contributed by atoms with E-state index >= 15 is 0 Å². The third-order valence-electron chi connectivity index (χ3n) is 3.72. The quantitative estimate of drug-likeness (QED) is 0.733. The van der Waals surface area contributed by atoms with Crippen molar-refractivity contribution in [2.24, 2.45) is 11.5 Å². The first-order valence-electron chi connectivity index (χ1n) is 6.42. The molecule has 0 bridgehead atoms. The summed E-state index contributed by atoms with van der Waals surface area (Å²) in [5, 5.41) is 0. The molecule has 0 aromatic heterocycles. The minimum absolute atomic E-state index is 0.131. The SMILES string of the molecule is NCc1ccc2c(c1CN)C(=O)c1ccccc1C2=O. The summed E-state index contributed by atoms with van der Waals surface area (Å²) in [6, 6.07) is 10.3. The Morgan fingerprint density at radius 3 is 2.00 bits per heavy atom. The lowest BCUT2D eigenvalue weighted by Gasteiger charge is -2.21. The Morgan fingerprint density at radius 1 is 0.750 bits per heavy atom. The first-order valence-corrected chi connectivity index (χ1v) is 6.42. The van der Waals surface area contributed by atoms with Crippen LogP contribution in [0.1, 0.15) is 43.0 Å². The van der Waals surface area contributed by atoms with E-state index in [9.17, 15) is 9.59 Å². The average molecular weight is 266 g/mol. The molecule has 20 heavy (non-hydrogen) atoms. The standard InChI is InChI=1S/C16H14N2O2/c17-7-9-5-6-12-14(13(9)8-18)16(20)11-4-2-1-3-10(11)15(12)19/h1-6H,7-8,17-18H2. The molecule has 100 valence electrons. The number of rotatable bonds is 2. The summed E-state index contributed by atoms with van der Waals surface area (Å²) >= 11 is 0. The Kier molecular flexibility index (Phi) is 2.97. The highest BCUT2D eigenvalue weighted by Crippen LogP contribution is 2.30. The van der Waals surface area contributed by atoms with Crippen LogP contribution in [0.3, 0.4) is 0 Å². The van der Waals surface area contributed by atoms with E-state index in [2.05, 4.69) is 0 Å². The molecule has 0 atom stereocenters. The third kappa shape index (κ3) is 1.62. The summed E-state index contributed by atoms with van der Waals surface area (Å²) < 4.78 is 0. The highest BCUT2D eigenvalue weighted by molar-refractivity contribution is 6.28. The lowest BCUT2D eigenvalue weighted by molar-refractivity contribution is 0.0978. The van der Waals surface area contributed by atoms with Gasteiger partial charge in [-0.05, 0) is 17.2 Å². The number of hydrogen-bond acceptors (Lipinski definition) is 4. The van der Waals surface area contributed by atoms with Crippen LogP contribution in [0.4, 0.5) is 0 Å². The predicted octanol–water partition coefficient (Wildman–Crippen LogP) is 1.38.